The third kappa shape index (κ3) is 7.76. The number of cyclic esters (lactones) is 1. The summed E-state index contributed by atoms with van der Waals surface area (Å²) in [4.78, 5) is 62.2. The van der Waals surface area contributed by atoms with Crippen LogP contribution in [0.1, 0.15) is 65.7 Å². The Hall–Kier alpha value is -5.06. The molecule has 3 saturated carbocycles. The van der Waals surface area contributed by atoms with Gasteiger partial charge < -0.3 is 29.7 Å². The van der Waals surface area contributed by atoms with Crippen LogP contribution in [0.3, 0.4) is 0 Å². The molecule has 1 spiro atoms. The highest BCUT2D eigenvalue weighted by Gasteiger charge is 2.67. The summed E-state index contributed by atoms with van der Waals surface area (Å²) < 4.78 is 74.5. The van der Waals surface area contributed by atoms with E-state index >= 15 is 0 Å². The van der Waals surface area contributed by atoms with Crippen LogP contribution < -0.4 is 24.8 Å². The quantitative estimate of drug-likeness (QED) is 0.315. The van der Waals surface area contributed by atoms with Crippen LogP contribution in [0.4, 0.5) is 13.6 Å². The van der Waals surface area contributed by atoms with Crippen molar-refractivity contribution in [2.45, 2.75) is 101 Å². The maximum Gasteiger partial charge on any atom is 0.407 e. The summed E-state index contributed by atoms with van der Waals surface area (Å²) in [6.07, 6.45) is -2.31. The Bertz CT molecular complexity index is 2260. The number of aromatic nitrogens is 1. The predicted octanol–water partition coefficient (Wildman–Crippen LogP) is 4.70. The minimum absolute atomic E-state index is 0.0382. The van der Waals surface area contributed by atoms with Crippen LogP contribution in [0.15, 0.2) is 54.6 Å². The maximum absolute atomic E-state index is 14.7. The summed E-state index contributed by atoms with van der Waals surface area (Å²) in [5.41, 5.74) is -1.74. The molecule has 2 unspecified atom stereocenters. The number of para-hydroxylation sites is 1. The number of amides is 4. The van der Waals surface area contributed by atoms with Crippen LogP contribution in [0.2, 0.25) is 0 Å². The highest BCUT2D eigenvalue weighted by atomic mass is 32.2. The lowest BCUT2D eigenvalue weighted by atomic mass is 9.70. The number of benzene rings is 2. The number of fused-ring (bicyclic) bond motifs is 7. The largest absolute Gasteiger partial charge is 0.493 e. The topological polar surface area (TPSA) is 182 Å². The van der Waals surface area contributed by atoms with E-state index in [1.54, 1.807) is 20.8 Å². The van der Waals surface area contributed by atoms with Crippen LogP contribution in [-0.2, 0) is 29.1 Å². The molecule has 0 radical (unpaired) electrons. The molecule has 58 heavy (non-hydrogen) atoms. The van der Waals surface area contributed by atoms with Gasteiger partial charge in [0.15, 0.2) is 0 Å². The monoisotopic (exact) mass is 823 g/mol. The van der Waals surface area contributed by atoms with Gasteiger partial charge in [-0.1, -0.05) is 57.5 Å². The number of hydrogen-bond donors (Lipinski definition) is 3. The highest BCUT2D eigenvalue weighted by Crippen LogP contribution is 2.49. The van der Waals surface area contributed by atoms with E-state index in [0.717, 1.165) is 24.6 Å². The number of pyridine rings is 1. The van der Waals surface area contributed by atoms with Gasteiger partial charge in [-0.25, -0.2) is 27.0 Å². The Morgan fingerprint density at radius 1 is 1.02 bits per heavy atom. The third-order valence-corrected chi connectivity index (χ3v) is 13.9. The second kappa shape index (κ2) is 14.6. The molecular weight excluding hydrogens is 777 g/mol. The van der Waals surface area contributed by atoms with Gasteiger partial charge in [0.1, 0.15) is 47.5 Å². The maximum atomic E-state index is 14.7. The minimum Gasteiger partial charge on any atom is -0.493 e. The Balaban J connectivity index is 1.17. The first-order valence-corrected chi connectivity index (χ1v) is 21.2. The zero-order chi connectivity index (χ0) is 41.2. The van der Waals surface area contributed by atoms with E-state index < -0.39 is 92.4 Å². The number of carbonyl (C=O) groups is 4. The first-order chi connectivity index (χ1) is 27.5. The van der Waals surface area contributed by atoms with Crippen LogP contribution >= 0.6 is 0 Å². The fourth-order valence-electron chi connectivity index (χ4n) is 8.16. The van der Waals surface area contributed by atoms with Gasteiger partial charge >= 0.3 is 6.09 Å². The normalized spacial score (nSPS) is 27.2. The fraction of sp³-hybridized carbons (Fsp3) is 0.537. The van der Waals surface area contributed by atoms with Gasteiger partial charge in [0.05, 0.1) is 29.8 Å². The summed E-state index contributed by atoms with van der Waals surface area (Å²) in [5, 5.41) is 5.12. The molecule has 8 rings (SSSR count). The van der Waals surface area contributed by atoms with Crippen LogP contribution in [0.25, 0.3) is 22.2 Å². The fourth-order valence-corrected chi connectivity index (χ4v) is 9.52. The second-order valence-electron chi connectivity index (χ2n) is 17.5. The molecule has 2 aromatic carbocycles. The van der Waals surface area contributed by atoms with Gasteiger partial charge in [0.25, 0.3) is 5.91 Å². The molecule has 4 fully saturated rings. The summed E-state index contributed by atoms with van der Waals surface area (Å²) in [5.74, 6) is -3.60. The third-order valence-electron chi connectivity index (χ3n) is 12.1. The Morgan fingerprint density at radius 3 is 2.43 bits per heavy atom. The first-order valence-electron chi connectivity index (χ1n) is 19.7. The molecule has 5 atom stereocenters. The van der Waals surface area contributed by atoms with Gasteiger partial charge in [0, 0.05) is 22.8 Å². The van der Waals surface area contributed by atoms with Crippen LogP contribution in [0.5, 0.6) is 11.5 Å². The second-order valence-corrected chi connectivity index (χ2v) is 19.4. The number of halogens is 2. The number of hydrogen-bond acceptors (Lipinski definition) is 10. The molecule has 1 aromatic heterocycles. The number of alkyl halides is 2. The van der Waals surface area contributed by atoms with E-state index in [2.05, 4.69) is 10.6 Å². The average molecular weight is 824 g/mol. The molecule has 5 aliphatic rings. The van der Waals surface area contributed by atoms with Crippen molar-refractivity contribution in [3.63, 3.8) is 0 Å². The standard InChI is InChI=1S/C41H47F2N5O9S/c1-39(2,3)33-36(50)48-20-26(18-30(48)35(49)46-41(19-28(41)34(42)43)37(51)47-58(53,54)27-12-13-27)57-31-17-23-8-4-5-11-29(23)44-32(31)24-9-6-10-25(16-24)55-21-40(14-7-15-40)22-56-38(52)45-33/h4-6,8-11,16-17,26-28,30,33-34H,7,12-15,18-22H2,1-3H3,(H,45,52)(H,46,49)(H,47,51)/t26?,28-,30-,33+,41?/m0/s1. The van der Waals surface area contributed by atoms with E-state index in [4.69, 9.17) is 19.2 Å². The molecule has 3 aromatic rings. The van der Waals surface area contributed by atoms with Gasteiger partial charge in [0.2, 0.25) is 28.3 Å². The number of alkyl carbamates (subject to hydrolysis) is 1. The molecule has 3 aliphatic carbocycles. The lowest BCUT2D eigenvalue weighted by Crippen LogP contribution is -2.60. The molecule has 310 valence electrons. The lowest BCUT2D eigenvalue weighted by Gasteiger charge is -2.41. The number of nitrogens with zero attached hydrogens (tertiary/aromatic N) is 2. The van der Waals surface area contributed by atoms with Crippen molar-refractivity contribution in [2.24, 2.45) is 16.7 Å². The average Bonchev–Trinajstić information content (AvgIpc) is 4.09. The highest BCUT2D eigenvalue weighted by molar-refractivity contribution is 7.91. The molecular formula is C41H47F2N5O9S. The molecule has 1 saturated heterocycles. The molecule has 14 nitrogen and oxygen atoms in total. The number of sulfonamides is 1. The van der Waals surface area contributed by atoms with Crippen molar-refractivity contribution in [3.8, 4) is 22.8 Å². The van der Waals surface area contributed by atoms with E-state index in [1.165, 1.54) is 4.90 Å². The molecule has 3 heterocycles. The van der Waals surface area contributed by atoms with Crippen molar-refractivity contribution in [1.29, 1.82) is 0 Å². The number of nitrogens with one attached hydrogen (secondary N) is 3. The summed E-state index contributed by atoms with van der Waals surface area (Å²) in [6.45, 7) is 5.36. The predicted molar refractivity (Wildman–Crippen MR) is 206 cm³/mol. The number of ether oxygens (including phenoxy) is 3. The van der Waals surface area contributed by atoms with Gasteiger partial charge in [-0.3, -0.25) is 19.1 Å². The van der Waals surface area contributed by atoms with Crippen LogP contribution in [-0.4, -0.2) is 97.3 Å². The minimum atomic E-state index is -4.14. The number of carbonyl (C=O) groups excluding carboxylic acids is 4. The van der Waals surface area contributed by atoms with Crippen molar-refractivity contribution in [3.05, 3.63) is 54.6 Å². The van der Waals surface area contributed by atoms with Crippen molar-refractivity contribution in [2.75, 3.05) is 19.8 Å². The van der Waals surface area contributed by atoms with Gasteiger partial charge in [-0.15, -0.1) is 0 Å². The van der Waals surface area contributed by atoms with Crippen molar-refractivity contribution in [1.82, 2.24) is 25.2 Å². The van der Waals surface area contributed by atoms with Crippen molar-refractivity contribution >= 4 is 44.7 Å². The summed E-state index contributed by atoms with van der Waals surface area (Å²) >= 11 is 0. The molecule has 3 N–H and O–H groups in total. The molecule has 4 amide bonds. The van der Waals surface area contributed by atoms with Gasteiger partial charge in [-0.05, 0) is 61.8 Å². The van der Waals surface area contributed by atoms with E-state index in [0.29, 0.717) is 41.1 Å². The van der Waals surface area contributed by atoms with E-state index in [-0.39, 0.29) is 26.2 Å². The SMILES string of the molecule is CC(C)(C)[C@@H]1NC(=O)OCC2(CCC2)COc2cccc(c2)-c2nc3ccccc3cc2OC2C[C@@H](C(=O)NC3(C(=O)NS(=O)(=O)C4CC4)C[C@H]3C(F)F)N(C2)C1=O. The van der Waals surface area contributed by atoms with E-state index in [9.17, 15) is 36.4 Å². The smallest absolute Gasteiger partial charge is 0.407 e. The Labute approximate surface area is 334 Å². The zero-order valence-electron chi connectivity index (χ0n) is 32.5. The Kier molecular flexibility index (Phi) is 10.0. The zero-order valence-corrected chi connectivity index (χ0v) is 33.3. The van der Waals surface area contributed by atoms with Crippen molar-refractivity contribution < 1.29 is 50.6 Å². The lowest BCUT2D eigenvalue weighted by molar-refractivity contribution is -0.143. The van der Waals surface area contributed by atoms with Gasteiger partial charge in [-0.2, -0.15) is 0 Å². The number of rotatable bonds is 6. The van der Waals surface area contributed by atoms with E-state index in [1.807, 2.05) is 59.3 Å². The molecule has 2 aliphatic heterocycles. The van der Waals surface area contributed by atoms with Crippen LogP contribution in [0, 0.1) is 16.7 Å². The first kappa shape index (κ1) is 39.8. The molecule has 17 heteroatoms. The molecule has 4 bridgehead atoms. The summed E-state index contributed by atoms with van der Waals surface area (Å²) in [7, 11) is -4.14. The summed E-state index contributed by atoms with van der Waals surface area (Å²) in [6, 6.07) is 14.0. The Morgan fingerprint density at radius 2 is 1.76 bits per heavy atom.